The Morgan fingerprint density at radius 2 is 2.17 bits per heavy atom. The third kappa shape index (κ3) is 5.33. The van der Waals surface area contributed by atoms with Gasteiger partial charge in [0.25, 0.3) is 0 Å². The largest absolute Gasteiger partial charge is 0.352 e. The fourth-order valence-corrected chi connectivity index (χ4v) is 1.66. The summed E-state index contributed by atoms with van der Waals surface area (Å²) in [4.78, 5) is 11.6. The van der Waals surface area contributed by atoms with Gasteiger partial charge in [-0.05, 0) is 40.7 Å². The van der Waals surface area contributed by atoms with Crippen LogP contribution in [0.25, 0.3) is 0 Å². The second-order valence-electron chi connectivity index (χ2n) is 3.92. The van der Waals surface area contributed by atoms with Gasteiger partial charge in [0.15, 0.2) is 0 Å². The highest BCUT2D eigenvalue weighted by molar-refractivity contribution is 9.10. The van der Waals surface area contributed by atoms with Gasteiger partial charge in [0, 0.05) is 19.0 Å². The third-order valence-corrected chi connectivity index (χ3v) is 3.05. The van der Waals surface area contributed by atoms with Crippen molar-refractivity contribution in [2.45, 2.75) is 13.5 Å². The molecule has 6 heteroatoms. The maximum Gasteiger partial charge on any atom is 0.224 e. The number of nitrogens with one attached hydrogen (secondary N) is 2. The SMILES string of the molecule is CNCC(C)C(=O)NCc1ccc(Br)c(F)c1.Cl. The van der Waals surface area contributed by atoms with Crippen LogP contribution >= 0.6 is 28.3 Å². The Hall–Kier alpha value is -0.650. The van der Waals surface area contributed by atoms with Crippen molar-refractivity contribution in [3.8, 4) is 0 Å². The molecule has 0 heterocycles. The summed E-state index contributed by atoms with van der Waals surface area (Å²) in [5, 5.41) is 5.71. The van der Waals surface area contributed by atoms with E-state index >= 15 is 0 Å². The van der Waals surface area contributed by atoms with Crippen molar-refractivity contribution in [2.24, 2.45) is 5.92 Å². The molecule has 1 rings (SSSR count). The first-order valence-corrected chi connectivity index (χ1v) is 6.20. The Labute approximate surface area is 121 Å². The van der Waals surface area contributed by atoms with Crippen LogP contribution in [0.15, 0.2) is 22.7 Å². The molecule has 1 atom stereocenters. The zero-order chi connectivity index (χ0) is 12.8. The van der Waals surface area contributed by atoms with Crippen molar-refractivity contribution in [1.82, 2.24) is 10.6 Å². The van der Waals surface area contributed by atoms with E-state index in [4.69, 9.17) is 0 Å². The highest BCUT2D eigenvalue weighted by atomic mass is 79.9. The molecule has 0 aromatic heterocycles. The Bertz CT molecular complexity index is 404. The second-order valence-corrected chi connectivity index (χ2v) is 4.78. The molecule has 18 heavy (non-hydrogen) atoms. The molecule has 0 spiro atoms. The molecule has 0 radical (unpaired) electrons. The maximum atomic E-state index is 13.2. The van der Waals surface area contributed by atoms with Gasteiger partial charge in [0.2, 0.25) is 5.91 Å². The van der Waals surface area contributed by atoms with E-state index in [0.29, 0.717) is 17.6 Å². The Kier molecular flexibility index (Phi) is 8.15. The van der Waals surface area contributed by atoms with Crippen LogP contribution in [-0.4, -0.2) is 19.5 Å². The molecular weight excluding hydrogens is 322 g/mol. The van der Waals surface area contributed by atoms with E-state index in [1.807, 2.05) is 6.92 Å². The van der Waals surface area contributed by atoms with Crippen LogP contribution in [0.3, 0.4) is 0 Å². The minimum atomic E-state index is -0.319. The number of halogens is 3. The first kappa shape index (κ1) is 17.4. The van der Waals surface area contributed by atoms with Crippen LogP contribution in [0.1, 0.15) is 12.5 Å². The molecule has 1 aromatic rings. The summed E-state index contributed by atoms with van der Waals surface area (Å²) < 4.78 is 13.6. The van der Waals surface area contributed by atoms with Gasteiger partial charge in [-0.15, -0.1) is 12.4 Å². The summed E-state index contributed by atoms with van der Waals surface area (Å²) in [6.07, 6.45) is 0. The lowest BCUT2D eigenvalue weighted by atomic mass is 10.1. The van der Waals surface area contributed by atoms with Gasteiger partial charge < -0.3 is 10.6 Å². The molecule has 0 fully saturated rings. The highest BCUT2D eigenvalue weighted by Gasteiger charge is 2.11. The molecule has 0 saturated heterocycles. The summed E-state index contributed by atoms with van der Waals surface area (Å²) in [6, 6.07) is 4.82. The standard InChI is InChI=1S/C12H16BrFN2O.ClH/c1-8(6-15-2)12(17)16-7-9-3-4-10(13)11(14)5-9;/h3-5,8,15H,6-7H2,1-2H3,(H,16,17);1H. The van der Waals surface area contributed by atoms with E-state index in [1.165, 1.54) is 6.07 Å². The predicted molar refractivity (Wildman–Crippen MR) is 76.3 cm³/mol. The molecule has 0 aliphatic rings. The lowest BCUT2D eigenvalue weighted by Gasteiger charge is -2.11. The van der Waals surface area contributed by atoms with Crippen LogP contribution in [-0.2, 0) is 11.3 Å². The summed E-state index contributed by atoms with van der Waals surface area (Å²) in [5.41, 5.74) is 0.746. The van der Waals surface area contributed by atoms with E-state index in [2.05, 4.69) is 26.6 Å². The molecule has 0 aliphatic carbocycles. The molecule has 0 bridgehead atoms. The minimum Gasteiger partial charge on any atom is -0.352 e. The van der Waals surface area contributed by atoms with Gasteiger partial charge in [-0.1, -0.05) is 13.0 Å². The first-order chi connectivity index (χ1) is 8.04. The normalized spacial score (nSPS) is 11.6. The van der Waals surface area contributed by atoms with Crippen LogP contribution < -0.4 is 10.6 Å². The van der Waals surface area contributed by atoms with Gasteiger partial charge in [0.05, 0.1) is 4.47 Å². The topological polar surface area (TPSA) is 41.1 Å². The Balaban J connectivity index is 0.00000289. The summed E-state index contributed by atoms with van der Waals surface area (Å²) >= 11 is 3.08. The Morgan fingerprint density at radius 1 is 1.50 bits per heavy atom. The van der Waals surface area contributed by atoms with E-state index in [0.717, 1.165) is 5.56 Å². The molecule has 0 saturated carbocycles. The zero-order valence-corrected chi connectivity index (χ0v) is 12.7. The molecule has 2 N–H and O–H groups in total. The van der Waals surface area contributed by atoms with Crippen molar-refractivity contribution < 1.29 is 9.18 Å². The number of hydrogen-bond donors (Lipinski definition) is 2. The molecule has 3 nitrogen and oxygen atoms in total. The number of carbonyl (C=O) groups is 1. The highest BCUT2D eigenvalue weighted by Crippen LogP contribution is 2.16. The molecule has 1 unspecified atom stereocenters. The summed E-state index contributed by atoms with van der Waals surface area (Å²) in [5.74, 6) is -0.456. The number of rotatable bonds is 5. The Morgan fingerprint density at radius 3 is 2.72 bits per heavy atom. The fourth-order valence-electron chi connectivity index (χ4n) is 1.41. The van der Waals surface area contributed by atoms with Crippen LogP contribution in [0.4, 0.5) is 4.39 Å². The van der Waals surface area contributed by atoms with E-state index < -0.39 is 0 Å². The van der Waals surface area contributed by atoms with Crippen LogP contribution in [0.5, 0.6) is 0 Å². The molecular formula is C12H17BrClFN2O. The van der Waals surface area contributed by atoms with Gasteiger partial charge in [-0.2, -0.15) is 0 Å². The summed E-state index contributed by atoms with van der Waals surface area (Å²) in [7, 11) is 1.80. The van der Waals surface area contributed by atoms with E-state index in [-0.39, 0.29) is 30.0 Å². The van der Waals surface area contributed by atoms with Gasteiger partial charge in [-0.25, -0.2) is 4.39 Å². The van der Waals surface area contributed by atoms with Crippen molar-refractivity contribution >= 4 is 34.2 Å². The molecule has 1 aromatic carbocycles. The lowest BCUT2D eigenvalue weighted by molar-refractivity contribution is -0.124. The van der Waals surface area contributed by atoms with Crippen molar-refractivity contribution in [3.63, 3.8) is 0 Å². The quantitative estimate of drug-likeness (QED) is 0.865. The van der Waals surface area contributed by atoms with Crippen LogP contribution in [0.2, 0.25) is 0 Å². The average molecular weight is 340 g/mol. The van der Waals surface area contributed by atoms with Crippen molar-refractivity contribution in [1.29, 1.82) is 0 Å². The lowest BCUT2D eigenvalue weighted by Crippen LogP contribution is -2.33. The smallest absolute Gasteiger partial charge is 0.224 e. The van der Waals surface area contributed by atoms with Crippen molar-refractivity contribution in [3.05, 3.63) is 34.1 Å². The average Bonchev–Trinajstić information content (AvgIpc) is 2.30. The molecule has 1 amide bonds. The molecule has 102 valence electrons. The van der Waals surface area contributed by atoms with Gasteiger partial charge >= 0.3 is 0 Å². The number of benzene rings is 1. The number of hydrogen-bond acceptors (Lipinski definition) is 2. The van der Waals surface area contributed by atoms with Crippen molar-refractivity contribution in [2.75, 3.05) is 13.6 Å². The van der Waals surface area contributed by atoms with E-state index in [1.54, 1.807) is 19.2 Å². The number of carbonyl (C=O) groups excluding carboxylic acids is 1. The maximum absolute atomic E-state index is 13.2. The molecule has 0 aliphatic heterocycles. The fraction of sp³-hybridized carbons (Fsp3) is 0.417. The van der Waals surface area contributed by atoms with Gasteiger partial charge in [0.1, 0.15) is 5.82 Å². The van der Waals surface area contributed by atoms with E-state index in [9.17, 15) is 9.18 Å². The monoisotopic (exact) mass is 338 g/mol. The first-order valence-electron chi connectivity index (χ1n) is 5.41. The predicted octanol–water partition coefficient (Wildman–Crippen LogP) is 2.48. The zero-order valence-electron chi connectivity index (χ0n) is 10.3. The number of amides is 1. The summed E-state index contributed by atoms with van der Waals surface area (Å²) in [6.45, 7) is 2.81. The third-order valence-electron chi connectivity index (χ3n) is 2.41. The second kappa shape index (κ2) is 8.45. The van der Waals surface area contributed by atoms with Gasteiger partial charge in [-0.3, -0.25) is 4.79 Å². The van der Waals surface area contributed by atoms with Crippen LogP contribution in [0, 0.1) is 11.7 Å². The minimum absolute atomic E-state index is 0.